The van der Waals surface area contributed by atoms with Gasteiger partial charge in [0.25, 0.3) is 0 Å². The Labute approximate surface area is 101 Å². The first-order chi connectivity index (χ1) is 7.34. The lowest BCUT2D eigenvalue weighted by Crippen LogP contribution is -2.16. The summed E-state index contributed by atoms with van der Waals surface area (Å²) in [5, 5.41) is 4.63. The lowest BCUT2D eigenvalue weighted by atomic mass is 10.1. The summed E-state index contributed by atoms with van der Waals surface area (Å²) < 4.78 is 1.72. The van der Waals surface area contributed by atoms with E-state index < -0.39 is 0 Å². The van der Waals surface area contributed by atoms with E-state index in [0.29, 0.717) is 10.7 Å². The SMILES string of the molecule is CC(C)n1ncc(Cl)c1C(=O)C1CC1(C)C. The van der Waals surface area contributed by atoms with Crippen LogP contribution in [0.25, 0.3) is 0 Å². The summed E-state index contributed by atoms with van der Waals surface area (Å²) >= 11 is 6.04. The summed E-state index contributed by atoms with van der Waals surface area (Å²) in [5.74, 6) is 0.250. The fourth-order valence-corrected chi connectivity index (χ4v) is 2.27. The van der Waals surface area contributed by atoms with Crippen LogP contribution in [0.5, 0.6) is 0 Å². The highest BCUT2D eigenvalue weighted by atomic mass is 35.5. The number of halogens is 1. The van der Waals surface area contributed by atoms with Crippen molar-refractivity contribution in [2.24, 2.45) is 11.3 Å². The van der Waals surface area contributed by atoms with Crippen LogP contribution in [0.1, 0.15) is 50.6 Å². The molecule has 1 heterocycles. The van der Waals surface area contributed by atoms with Crippen LogP contribution in [0.2, 0.25) is 5.02 Å². The Morgan fingerprint density at radius 1 is 1.62 bits per heavy atom. The summed E-state index contributed by atoms with van der Waals surface area (Å²) in [6, 6.07) is 0.160. The molecule has 2 rings (SSSR count). The van der Waals surface area contributed by atoms with Crippen molar-refractivity contribution in [3.05, 3.63) is 16.9 Å². The average molecular weight is 241 g/mol. The van der Waals surface area contributed by atoms with Crippen LogP contribution in [0.3, 0.4) is 0 Å². The van der Waals surface area contributed by atoms with Crippen molar-refractivity contribution in [1.29, 1.82) is 0 Å². The zero-order valence-corrected chi connectivity index (χ0v) is 10.9. The third-order valence-corrected chi connectivity index (χ3v) is 3.58. The quantitative estimate of drug-likeness (QED) is 0.760. The first kappa shape index (κ1) is 11.6. The summed E-state index contributed by atoms with van der Waals surface area (Å²) in [7, 11) is 0. The maximum absolute atomic E-state index is 12.3. The Bertz CT molecular complexity index is 434. The molecule has 0 aliphatic heterocycles. The zero-order chi connectivity index (χ0) is 12.1. The topological polar surface area (TPSA) is 34.9 Å². The predicted octanol–water partition coefficient (Wildman–Crippen LogP) is 3.35. The minimum atomic E-state index is 0.110. The van der Waals surface area contributed by atoms with Gasteiger partial charge < -0.3 is 0 Å². The van der Waals surface area contributed by atoms with Gasteiger partial charge in [0.1, 0.15) is 5.69 Å². The molecule has 88 valence electrons. The molecular weight excluding hydrogens is 224 g/mol. The first-order valence-electron chi connectivity index (χ1n) is 5.62. The van der Waals surface area contributed by atoms with Crippen molar-refractivity contribution in [2.45, 2.75) is 40.2 Å². The Hall–Kier alpha value is -0.830. The fourth-order valence-electron chi connectivity index (χ4n) is 2.04. The van der Waals surface area contributed by atoms with Crippen molar-refractivity contribution in [3.63, 3.8) is 0 Å². The van der Waals surface area contributed by atoms with E-state index in [1.165, 1.54) is 0 Å². The molecule has 1 fully saturated rings. The second-order valence-electron chi connectivity index (χ2n) is 5.49. The Balaban J connectivity index is 2.33. The molecule has 0 bridgehead atoms. The van der Waals surface area contributed by atoms with Gasteiger partial charge in [0, 0.05) is 12.0 Å². The van der Waals surface area contributed by atoms with E-state index in [4.69, 9.17) is 11.6 Å². The smallest absolute Gasteiger partial charge is 0.186 e. The molecule has 0 amide bonds. The van der Waals surface area contributed by atoms with Crippen molar-refractivity contribution in [3.8, 4) is 0 Å². The number of rotatable bonds is 3. The van der Waals surface area contributed by atoms with Gasteiger partial charge in [0.2, 0.25) is 0 Å². The second kappa shape index (κ2) is 3.59. The predicted molar refractivity (Wildman–Crippen MR) is 63.8 cm³/mol. The number of carbonyl (C=O) groups excluding carboxylic acids is 1. The second-order valence-corrected chi connectivity index (χ2v) is 5.90. The summed E-state index contributed by atoms with van der Waals surface area (Å²) in [6.45, 7) is 8.22. The molecule has 3 nitrogen and oxygen atoms in total. The van der Waals surface area contributed by atoms with E-state index in [0.717, 1.165) is 6.42 Å². The molecule has 0 radical (unpaired) electrons. The standard InChI is InChI=1S/C12H17ClN2O/c1-7(2)15-10(9(13)6-14-15)11(16)8-5-12(8,3)4/h6-8H,5H2,1-4H3. The highest BCUT2D eigenvalue weighted by Crippen LogP contribution is 2.53. The summed E-state index contributed by atoms with van der Waals surface area (Å²) in [6.07, 6.45) is 2.51. The number of ketones is 1. The van der Waals surface area contributed by atoms with Crippen LogP contribution in [-0.2, 0) is 0 Å². The molecule has 16 heavy (non-hydrogen) atoms. The summed E-state index contributed by atoms with van der Waals surface area (Å²) in [5.41, 5.74) is 0.708. The van der Waals surface area contributed by atoms with Crippen molar-refractivity contribution >= 4 is 17.4 Å². The third kappa shape index (κ3) is 1.77. The van der Waals surface area contributed by atoms with Crippen LogP contribution in [-0.4, -0.2) is 15.6 Å². The molecule has 1 aromatic heterocycles. The molecule has 0 aromatic carbocycles. The Morgan fingerprint density at radius 3 is 2.62 bits per heavy atom. The maximum Gasteiger partial charge on any atom is 0.186 e. The first-order valence-corrected chi connectivity index (χ1v) is 5.99. The van der Waals surface area contributed by atoms with Crippen molar-refractivity contribution < 1.29 is 4.79 Å². The van der Waals surface area contributed by atoms with Crippen molar-refractivity contribution in [1.82, 2.24) is 9.78 Å². The van der Waals surface area contributed by atoms with Gasteiger partial charge in [-0.1, -0.05) is 25.4 Å². The molecule has 0 spiro atoms. The van der Waals surface area contributed by atoms with Gasteiger partial charge in [-0.2, -0.15) is 5.10 Å². The molecule has 1 atom stereocenters. The molecule has 1 aliphatic carbocycles. The Morgan fingerprint density at radius 2 is 2.19 bits per heavy atom. The van der Waals surface area contributed by atoms with Crippen LogP contribution in [0.15, 0.2) is 6.20 Å². The van der Waals surface area contributed by atoms with Gasteiger partial charge in [-0.25, -0.2) is 0 Å². The van der Waals surface area contributed by atoms with Crippen molar-refractivity contribution in [2.75, 3.05) is 0 Å². The van der Waals surface area contributed by atoms with Gasteiger partial charge in [-0.05, 0) is 25.7 Å². The number of hydrogen-bond acceptors (Lipinski definition) is 2. The van der Waals surface area contributed by atoms with Crippen LogP contribution >= 0.6 is 11.6 Å². The van der Waals surface area contributed by atoms with Crippen LogP contribution in [0, 0.1) is 11.3 Å². The molecular formula is C12H17ClN2O. The molecule has 4 heteroatoms. The monoisotopic (exact) mass is 240 g/mol. The molecule has 1 aromatic rings. The lowest BCUT2D eigenvalue weighted by Gasteiger charge is -2.11. The third-order valence-electron chi connectivity index (χ3n) is 3.30. The van der Waals surface area contributed by atoms with Gasteiger partial charge in [0.15, 0.2) is 5.78 Å². The minimum absolute atomic E-state index is 0.110. The highest BCUT2D eigenvalue weighted by molar-refractivity contribution is 6.33. The molecule has 1 unspecified atom stereocenters. The molecule has 0 N–H and O–H groups in total. The molecule has 1 saturated carbocycles. The number of nitrogens with zero attached hydrogens (tertiary/aromatic N) is 2. The minimum Gasteiger partial charge on any atom is -0.292 e. The van der Waals surface area contributed by atoms with E-state index in [1.807, 2.05) is 13.8 Å². The number of carbonyl (C=O) groups is 1. The highest BCUT2D eigenvalue weighted by Gasteiger charge is 2.51. The van der Waals surface area contributed by atoms with Gasteiger partial charge in [-0.3, -0.25) is 9.48 Å². The Kier molecular flexibility index (Phi) is 2.61. The van der Waals surface area contributed by atoms with E-state index in [1.54, 1.807) is 10.9 Å². The van der Waals surface area contributed by atoms with Gasteiger partial charge >= 0.3 is 0 Å². The van der Waals surface area contributed by atoms with E-state index in [-0.39, 0.29) is 23.2 Å². The number of hydrogen-bond donors (Lipinski definition) is 0. The number of aromatic nitrogens is 2. The largest absolute Gasteiger partial charge is 0.292 e. The molecule has 1 aliphatic rings. The normalized spacial score (nSPS) is 22.5. The van der Waals surface area contributed by atoms with Crippen LogP contribution in [0.4, 0.5) is 0 Å². The average Bonchev–Trinajstić information content (AvgIpc) is 2.64. The van der Waals surface area contributed by atoms with Gasteiger partial charge in [0.05, 0.1) is 11.2 Å². The van der Waals surface area contributed by atoms with E-state index in [2.05, 4.69) is 18.9 Å². The fraction of sp³-hybridized carbons (Fsp3) is 0.667. The summed E-state index contributed by atoms with van der Waals surface area (Å²) in [4.78, 5) is 12.3. The van der Waals surface area contributed by atoms with Gasteiger partial charge in [-0.15, -0.1) is 0 Å². The zero-order valence-electron chi connectivity index (χ0n) is 10.1. The number of Topliss-reactive ketones (excluding diaryl/α,β-unsaturated/α-hetero) is 1. The van der Waals surface area contributed by atoms with E-state index in [9.17, 15) is 4.79 Å². The van der Waals surface area contributed by atoms with E-state index >= 15 is 0 Å². The lowest BCUT2D eigenvalue weighted by molar-refractivity contribution is 0.0941. The van der Waals surface area contributed by atoms with Crippen LogP contribution < -0.4 is 0 Å². The molecule has 0 saturated heterocycles. The maximum atomic E-state index is 12.3.